The van der Waals surface area contributed by atoms with Crippen molar-refractivity contribution >= 4 is 10.0 Å². The van der Waals surface area contributed by atoms with E-state index in [1.807, 2.05) is 30.3 Å². The molecule has 1 aliphatic heterocycles. The SMILES string of the molecule is O=S(=O)(NCc1cc(-c2ccccc2)ncn1)c1ccc2c(c1)CCO2. The first-order valence-electron chi connectivity index (χ1n) is 8.23. The van der Waals surface area contributed by atoms with Crippen LogP contribution < -0.4 is 9.46 Å². The lowest BCUT2D eigenvalue weighted by Gasteiger charge is -2.08. The van der Waals surface area contributed by atoms with Gasteiger partial charge in [-0.3, -0.25) is 0 Å². The summed E-state index contributed by atoms with van der Waals surface area (Å²) < 4.78 is 33.2. The van der Waals surface area contributed by atoms with Crippen LogP contribution in [-0.4, -0.2) is 25.0 Å². The monoisotopic (exact) mass is 367 g/mol. The van der Waals surface area contributed by atoms with Gasteiger partial charge in [0.1, 0.15) is 12.1 Å². The Morgan fingerprint density at radius 3 is 2.73 bits per heavy atom. The Hall–Kier alpha value is -2.77. The van der Waals surface area contributed by atoms with Crippen molar-refractivity contribution in [1.82, 2.24) is 14.7 Å². The van der Waals surface area contributed by atoms with Gasteiger partial charge in [-0.25, -0.2) is 23.1 Å². The average Bonchev–Trinajstić information content (AvgIpc) is 3.15. The topological polar surface area (TPSA) is 81.2 Å². The Morgan fingerprint density at radius 2 is 1.88 bits per heavy atom. The summed E-state index contributed by atoms with van der Waals surface area (Å²) in [6.07, 6.45) is 2.17. The second kappa shape index (κ2) is 6.86. The Labute approximate surface area is 151 Å². The van der Waals surface area contributed by atoms with Gasteiger partial charge in [-0.1, -0.05) is 30.3 Å². The molecule has 4 rings (SSSR count). The summed E-state index contributed by atoms with van der Waals surface area (Å²) in [5.74, 6) is 0.757. The molecule has 0 unspecified atom stereocenters. The molecule has 6 nitrogen and oxygen atoms in total. The summed E-state index contributed by atoms with van der Waals surface area (Å²) in [5.41, 5.74) is 3.23. The maximum absolute atomic E-state index is 12.6. The highest BCUT2D eigenvalue weighted by Crippen LogP contribution is 2.27. The van der Waals surface area contributed by atoms with Crippen LogP contribution in [0.3, 0.4) is 0 Å². The summed E-state index contributed by atoms with van der Waals surface area (Å²) in [6, 6.07) is 16.4. The van der Waals surface area contributed by atoms with E-state index in [1.165, 1.54) is 6.33 Å². The lowest BCUT2D eigenvalue weighted by atomic mass is 10.1. The van der Waals surface area contributed by atoms with Gasteiger partial charge in [0, 0.05) is 12.0 Å². The minimum Gasteiger partial charge on any atom is -0.493 e. The zero-order valence-electron chi connectivity index (χ0n) is 13.9. The van der Waals surface area contributed by atoms with Crippen LogP contribution in [0.4, 0.5) is 0 Å². The minimum atomic E-state index is -3.62. The van der Waals surface area contributed by atoms with Crippen molar-refractivity contribution < 1.29 is 13.2 Å². The van der Waals surface area contributed by atoms with Crippen LogP contribution in [-0.2, 0) is 23.0 Å². The van der Waals surface area contributed by atoms with Gasteiger partial charge in [-0.05, 0) is 29.8 Å². The number of nitrogens with one attached hydrogen (secondary N) is 1. The van der Waals surface area contributed by atoms with E-state index >= 15 is 0 Å². The minimum absolute atomic E-state index is 0.0955. The fraction of sp³-hybridized carbons (Fsp3) is 0.158. The van der Waals surface area contributed by atoms with Gasteiger partial charge in [-0.2, -0.15) is 0 Å². The summed E-state index contributed by atoms with van der Waals surface area (Å²) in [4.78, 5) is 8.65. The van der Waals surface area contributed by atoms with Crippen molar-refractivity contribution in [3.8, 4) is 17.0 Å². The lowest BCUT2D eigenvalue weighted by Crippen LogP contribution is -2.23. The fourth-order valence-corrected chi connectivity index (χ4v) is 3.89. The number of rotatable bonds is 5. The van der Waals surface area contributed by atoms with E-state index in [2.05, 4.69) is 14.7 Å². The summed E-state index contributed by atoms with van der Waals surface area (Å²) in [6.45, 7) is 0.688. The zero-order chi connectivity index (χ0) is 18.0. The molecule has 0 fully saturated rings. The van der Waals surface area contributed by atoms with Crippen molar-refractivity contribution in [2.45, 2.75) is 17.9 Å². The van der Waals surface area contributed by atoms with Gasteiger partial charge in [0.2, 0.25) is 10.0 Å². The zero-order valence-corrected chi connectivity index (χ0v) is 14.7. The van der Waals surface area contributed by atoms with Crippen LogP contribution in [0.5, 0.6) is 5.75 Å². The Kier molecular flexibility index (Phi) is 4.40. The third kappa shape index (κ3) is 3.44. The van der Waals surface area contributed by atoms with E-state index in [0.717, 1.165) is 29.0 Å². The third-order valence-corrected chi connectivity index (χ3v) is 5.61. The molecule has 0 saturated carbocycles. The van der Waals surface area contributed by atoms with Crippen LogP contribution in [0, 0.1) is 0 Å². The quantitative estimate of drug-likeness (QED) is 0.749. The first-order valence-corrected chi connectivity index (χ1v) is 9.72. The number of fused-ring (bicyclic) bond motifs is 1. The molecule has 1 N–H and O–H groups in total. The molecule has 0 aliphatic carbocycles. The van der Waals surface area contributed by atoms with Crippen molar-refractivity contribution in [3.05, 3.63) is 72.2 Å². The summed E-state index contributed by atoms with van der Waals surface area (Å²) >= 11 is 0. The van der Waals surface area contributed by atoms with Crippen LogP contribution in [0.1, 0.15) is 11.3 Å². The second-order valence-electron chi connectivity index (χ2n) is 5.95. The molecular formula is C19H17N3O3S. The molecule has 2 aromatic carbocycles. The molecular weight excluding hydrogens is 350 g/mol. The van der Waals surface area contributed by atoms with E-state index in [1.54, 1.807) is 24.3 Å². The smallest absolute Gasteiger partial charge is 0.240 e. The molecule has 0 radical (unpaired) electrons. The lowest BCUT2D eigenvalue weighted by molar-refractivity contribution is 0.356. The van der Waals surface area contributed by atoms with Gasteiger partial charge >= 0.3 is 0 Å². The molecule has 1 aromatic heterocycles. The van der Waals surface area contributed by atoms with Gasteiger partial charge in [0.05, 0.1) is 29.4 Å². The van der Waals surface area contributed by atoms with E-state index < -0.39 is 10.0 Å². The first-order chi connectivity index (χ1) is 12.6. The number of nitrogens with zero attached hydrogens (tertiary/aromatic N) is 2. The normalized spacial score (nSPS) is 13.2. The highest BCUT2D eigenvalue weighted by Gasteiger charge is 2.19. The largest absolute Gasteiger partial charge is 0.493 e. The molecule has 7 heteroatoms. The molecule has 0 spiro atoms. The summed E-state index contributed by atoms with van der Waals surface area (Å²) in [5, 5.41) is 0. The van der Waals surface area contributed by atoms with E-state index in [-0.39, 0.29) is 11.4 Å². The van der Waals surface area contributed by atoms with Crippen LogP contribution in [0.25, 0.3) is 11.3 Å². The predicted molar refractivity (Wildman–Crippen MR) is 97.1 cm³/mol. The van der Waals surface area contributed by atoms with E-state index in [9.17, 15) is 8.42 Å². The van der Waals surface area contributed by atoms with Gasteiger partial charge < -0.3 is 4.74 Å². The van der Waals surface area contributed by atoms with Crippen LogP contribution in [0.15, 0.2) is 65.8 Å². The predicted octanol–water partition coefficient (Wildman–Crippen LogP) is 2.56. The number of aromatic nitrogens is 2. The van der Waals surface area contributed by atoms with E-state index in [0.29, 0.717) is 12.3 Å². The fourth-order valence-electron chi connectivity index (χ4n) is 2.84. The molecule has 0 amide bonds. The van der Waals surface area contributed by atoms with Gasteiger partial charge in [-0.15, -0.1) is 0 Å². The van der Waals surface area contributed by atoms with Crippen molar-refractivity contribution in [3.63, 3.8) is 0 Å². The molecule has 2 heterocycles. The van der Waals surface area contributed by atoms with Gasteiger partial charge in [0.15, 0.2) is 0 Å². The third-order valence-electron chi connectivity index (χ3n) is 4.21. The van der Waals surface area contributed by atoms with Crippen molar-refractivity contribution in [2.75, 3.05) is 6.61 Å². The van der Waals surface area contributed by atoms with Gasteiger partial charge in [0.25, 0.3) is 0 Å². The molecule has 3 aromatic rings. The summed E-state index contributed by atoms with van der Waals surface area (Å²) in [7, 11) is -3.62. The number of ether oxygens (including phenoxy) is 1. The van der Waals surface area contributed by atoms with Crippen LogP contribution in [0.2, 0.25) is 0 Å². The molecule has 132 valence electrons. The first kappa shape index (κ1) is 16.7. The standard InChI is InChI=1S/C19H17N3O3S/c23-26(24,17-6-7-19-15(10-17)8-9-25-19)22-12-16-11-18(21-13-20-16)14-4-2-1-3-5-14/h1-7,10-11,13,22H,8-9,12H2. The second-order valence-corrected chi connectivity index (χ2v) is 7.72. The maximum atomic E-state index is 12.6. The molecule has 0 bridgehead atoms. The number of sulfonamides is 1. The molecule has 26 heavy (non-hydrogen) atoms. The highest BCUT2D eigenvalue weighted by molar-refractivity contribution is 7.89. The number of hydrogen-bond acceptors (Lipinski definition) is 5. The number of benzene rings is 2. The number of hydrogen-bond donors (Lipinski definition) is 1. The molecule has 1 aliphatic rings. The average molecular weight is 367 g/mol. The molecule has 0 atom stereocenters. The van der Waals surface area contributed by atoms with Crippen molar-refractivity contribution in [1.29, 1.82) is 0 Å². The van der Waals surface area contributed by atoms with Crippen LogP contribution >= 0.6 is 0 Å². The Bertz CT molecular complexity index is 1040. The molecule has 0 saturated heterocycles. The van der Waals surface area contributed by atoms with E-state index in [4.69, 9.17) is 4.74 Å². The maximum Gasteiger partial charge on any atom is 0.240 e. The Morgan fingerprint density at radius 1 is 1.04 bits per heavy atom. The van der Waals surface area contributed by atoms with Crippen molar-refractivity contribution in [2.24, 2.45) is 0 Å². The highest BCUT2D eigenvalue weighted by atomic mass is 32.2. The Balaban J connectivity index is 1.52.